The second kappa shape index (κ2) is 8.67. The van der Waals surface area contributed by atoms with E-state index in [1.807, 2.05) is 6.92 Å². The third kappa shape index (κ3) is 5.16. The molecule has 0 bridgehead atoms. The van der Waals surface area contributed by atoms with Crippen LogP contribution >= 0.6 is 0 Å². The van der Waals surface area contributed by atoms with Gasteiger partial charge in [0.15, 0.2) is 0 Å². The number of benzene rings is 1. The van der Waals surface area contributed by atoms with Gasteiger partial charge in [-0.15, -0.1) is 0 Å². The van der Waals surface area contributed by atoms with Gasteiger partial charge in [-0.2, -0.15) is 18.3 Å². The molecule has 29 heavy (non-hydrogen) atoms. The summed E-state index contributed by atoms with van der Waals surface area (Å²) in [7, 11) is 0. The molecule has 2 amide bonds. The molecule has 1 aromatic carbocycles. The average Bonchev–Trinajstić information content (AvgIpc) is 3.43. The lowest BCUT2D eigenvalue weighted by molar-refractivity contribution is -0.137. The Bertz CT molecular complexity index is 888. The smallest absolute Gasteiger partial charge is 0.356 e. The molecule has 2 N–H and O–H groups in total. The van der Waals surface area contributed by atoms with E-state index < -0.39 is 11.7 Å². The number of nitrogens with one attached hydrogen (secondary N) is 2. The Morgan fingerprint density at radius 3 is 2.62 bits per heavy atom. The first kappa shape index (κ1) is 20.9. The molecular formula is C20H23F3N4O2. The van der Waals surface area contributed by atoms with Gasteiger partial charge in [-0.05, 0) is 37.5 Å². The minimum absolute atomic E-state index is 0.0839. The first-order chi connectivity index (χ1) is 13.8. The lowest BCUT2D eigenvalue weighted by atomic mass is 10.1. The van der Waals surface area contributed by atoms with Crippen molar-refractivity contribution >= 4 is 11.8 Å². The number of alkyl halides is 3. The number of rotatable bonds is 8. The molecule has 1 aromatic heterocycles. The summed E-state index contributed by atoms with van der Waals surface area (Å²) in [4.78, 5) is 24.2. The molecule has 6 nitrogen and oxygen atoms in total. The number of hydrogen-bond acceptors (Lipinski definition) is 3. The third-order valence-electron chi connectivity index (χ3n) is 4.64. The van der Waals surface area contributed by atoms with Crippen LogP contribution in [-0.2, 0) is 11.0 Å². The van der Waals surface area contributed by atoms with Gasteiger partial charge in [-0.25, -0.2) is 4.68 Å². The maximum atomic E-state index is 13.0. The van der Waals surface area contributed by atoms with Crippen molar-refractivity contribution in [2.45, 2.75) is 44.7 Å². The number of carbonyl (C=O) groups excluding carboxylic acids is 2. The van der Waals surface area contributed by atoms with Crippen LogP contribution in [0.15, 0.2) is 30.5 Å². The molecule has 156 valence electrons. The highest BCUT2D eigenvalue weighted by Gasteiger charge is 2.34. The highest BCUT2D eigenvalue weighted by molar-refractivity contribution is 5.95. The average molecular weight is 408 g/mol. The Balaban J connectivity index is 1.76. The van der Waals surface area contributed by atoms with Gasteiger partial charge in [-0.3, -0.25) is 9.59 Å². The van der Waals surface area contributed by atoms with Crippen LogP contribution in [0.4, 0.5) is 13.2 Å². The van der Waals surface area contributed by atoms with Gasteiger partial charge in [0.25, 0.3) is 5.91 Å². The molecule has 3 rings (SSSR count). The quantitative estimate of drug-likeness (QED) is 0.703. The summed E-state index contributed by atoms with van der Waals surface area (Å²) >= 11 is 0. The third-order valence-corrected chi connectivity index (χ3v) is 4.64. The maximum absolute atomic E-state index is 13.0. The summed E-state index contributed by atoms with van der Waals surface area (Å²) in [5.74, 6) is -0.441. The topological polar surface area (TPSA) is 76.0 Å². The summed E-state index contributed by atoms with van der Waals surface area (Å²) in [6.07, 6.45) is -0.388. The molecule has 1 aliphatic rings. The molecule has 1 fully saturated rings. The van der Waals surface area contributed by atoms with E-state index in [0.29, 0.717) is 17.8 Å². The normalized spacial score (nSPS) is 13.9. The van der Waals surface area contributed by atoms with Crippen LogP contribution in [0.5, 0.6) is 0 Å². The van der Waals surface area contributed by atoms with E-state index in [1.165, 1.54) is 23.0 Å². The van der Waals surface area contributed by atoms with Gasteiger partial charge in [0.05, 0.1) is 28.7 Å². The molecule has 2 aromatic rings. The van der Waals surface area contributed by atoms with Gasteiger partial charge in [0, 0.05) is 25.4 Å². The lowest BCUT2D eigenvalue weighted by Crippen LogP contribution is -2.31. The summed E-state index contributed by atoms with van der Waals surface area (Å²) in [6.45, 7) is 2.71. The van der Waals surface area contributed by atoms with Crippen molar-refractivity contribution in [3.05, 3.63) is 47.3 Å². The number of hydrogen-bond donors (Lipinski definition) is 2. The van der Waals surface area contributed by atoms with E-state index in [1.54, 1.807) is 0 Å². The predicted octanol–water partition coefficient (Wildman–Crippen LogP) is 3.41. The minimum Gasteiger partial charge on any atom is -0.356 e. The van der Waals surface area contributed by atoms with Crippen LogP contribution in [0.3, 0.4) is 0 Å². The molecule has 0 spiro atoms. The fourth-order valence-electron chi connectivity index (χ4n) is 3.04. The Hall–Kier alpha value is -2.84. The number of amides is 2. The monoisotopic (exact) mass is 408 g/mol. The first-order valence-electron chi connectivity index (χ1n) is 9.61. The molecule has 0 unspecified atom stereocenters. The molecule has 1 aliphatic carbocycles. The van der Waals surface area contributed by atoms with Crippen molar-refractivity contribution in [1.82, 2.24) is 20.4 Å². The molecule has 0 atom stereocenters. The van der Waals surface area contributed by atoms with Crippen LogP contribution in [0.1, 0.15) is 60.1 Å². The zero-order valence-electron chi connectivity index (χ0n) is 16.1. The van der Waals surface area contributed by atoms with Gasteiger partial charge in [0.1, 0.15) is 0 Å². The van der Waals surface area contributed by atoms with Crippen LogP contribution in [0.2, 0.25) is 0 Å². The van der Waals surface area contributed by atoms with Crippen molar-refractivity contribution in [3.63, 3.8) is 0 Å². The van der Waals surface area contributed by atoms with E-state index in [0.717, 1.165) is 31.4 Å². The van der Waals surface area contributed by atoms with Crippen molar-refractivity contribution in [1.29, 1.82) is 0 Å². The Kier molecular flexibility index (Phi) is 6.24. The van der Waals surface area contributed by atoms with Crippen molar-refractivity contribution < 1.29 is 22.8 Å². The Morgan fingerprint density at radius 1 is 1.21 bits per heavy atom. The highest BCUT2D eigenvalue weighted by atomic mass is 19.4. The summed E-state index contributed by atoms with van der Waals surface area (Å²) in [6, 6.07) is 4.89. The van der Waals surface area contributed by atoms with Gasteiger partial charge in [0.2, 0.25) is 5.91 Å². The van der Waals surface area contributed by atoms with Gasteiger partial charge in [-0.1, -0.05) is 13.0 Å². The summed E-state index contributed by atoms with van der Waals surface area (Å²) in [5, 5.41) is 9.61. The molecule has 0 radical (unpaired) electrons. The fourth-order valence-corrected chi connectivity index (χ4v) is 3.04. The minimum atomic E-state index is -4.46. The van der Waals surface area contributed by atoms with Crippen LogP contribution < -0.4 is 10.6 Å². The Labute approximate surface area is 166 Å². The second-order valence-corrected chi connectivity index (χ2v) is 7.03. The fraction of sp³-hybridized carbons (Fsp3) is 0.450. The molecule has 0 aliphatic heterocycles. The predicted molar refractivity (Wildman–Crippen MR) is 101 cm³/mol. The van der Waals surface area contributed by atoms with Gasteiger partial charge >= 0.3 is 6.18 Å². The zero-order chi connectivity index (χ0) is 21.0. The summed E-state index contributed by atoms with van der Waals surface area (Å²) < 4.78 is 40.5. The van der Waals surface area contributed by atoms with Crippen LogP contribution in [0, 0.1) is 0 Å². The molecule has 0 saturated heterocycles. The van der Waals surface area contributed by atoms with E-state index >= 15 is 0 Å². The first-order valence-corrected chi connectivity index (χ1v) is 9.61. The lowest BCUT2D eigenvalue weighted by Gasteiger charge is -2.12. The number of carbonyl (C=O) groups is 2. The van der Waals surface area contributed by atoms with E-state index in [4.69, 9.17) is 0 Å². The molecular weight excluding hydrogens is 385 g/mol. The van der Waals surface area contributed by atoms with Crippen molar-refractivity contribution in [2.75, 3.05) is 13.1 Å². The molecule has 1 saturated carbocycles. The maximum Gasteiger partial charge on any atom is 0.416 e. The molecule has 9 heteroatoms. The number of nitrogens with zero attached hydrogens (tertiary/aromatic N) is 2. The van der Waals surface area contributed by atoms with E-state index in [9.17, 15) is 22.8 Å². The van der Waals surface area contributed by atoms with Crippen molar-refractivity contribution in [3.8, 4) is 5.69 Å². The Morgan fingerprint density at radius 2 is 1.97 bits per heavy atom. The number of aromatic nitrogens is 2. The second-order valence-electron chi connectivity index (χ2n) is 7.03. The van der Waals surface area contributed by atoms with E-state index in [-0.39, 0.29) is 36.4 Å². The van der Waals surface area contributed by atoms with E-state index in [2.05, 4.69) is 15.7 Å². The highest BCUT2D eigenvalue weighted by Crippen LogP contribution is 2.42. The van der Waals surface area contributed by atoms with Crippen molar-refractivity contribution in [2.24, 2.45) is 0 Å². The SMILES string of the molecule is CCCNC(=O)CCNC(=O)c1cnn(-c2cccc(C(F)(F)F)c2)c1C1CC1. The summed E-state index contributed by atoms with van der Waals surface area (Å²) in [5.41, 5.74) is 0.437. The largest absolute Gasteiger partial charge is 0.416 e. The van der Waals surface area contributed by atoms with Crippen LogP contribution in [0.25, 0.3) is 5.69 Å². The van der Waals surface area contributed by atoms with Crippen LogP contribution in [-0.4, -0.2) is 34.7 Å². The standard InChI is InChI=1S/C20H23F3N4O2/c1-2-9-24-17(28)8-10-25-19(29)16-12-26-27(18(16)13-6-7-13)15-5-3-4-14(11-15)20(21,22)23/h3-5,11-13H,2,6-10H2,1H3,(H,24,28)(H,25,29). The number of halogens is 3. The van der Waals surface area contributed by atoms with Gasteiger partial charge < -0.3 is 10.6 Å². The zero-order valence-corrected chi connectivity index (χ0v) is 16.1. The molecule has 1 heterocycles.